The zero-order valence-electron chi connectivity index (χ0n) is 14.8. The average Bonchev–Trinajstić information content (AvgIpc) is 3.19. The summed E-state index contributed by atoms with van der Waals surface area (Å²) in [6.45, 7) is 0.607. The zero-order valence-corrected chi connectivity index (χ0v) is 14.8. The second kappa shape index (κ2) is 7.98. The van der Waals surface area contributed by atoms with Gasteiger partial charge < -0.3 is 9.73 Å². The fourth-order valence-electron chi connectivity index (χ4n) is 3.16. The van der Waals surface area contributed by atoms with Crippen molar-refractivity contribution in [1.82, 2.24) is 4.98 Å². The summed E-state index contributed by atoms with van der Waals surface area (Å²) in [5, 5.41) is 2.21. The van der Waals surface area contributed by atoms with Gasteiger partial charge in [0.2, 0.25) is 0 Å². The van der Waals surface area contributed by atoms with Crippen LogP contribution in [0.15, 0.2) is 95.5 Å². The molecule has 0 spiro atoms. The Hall–Kier alpha value is -3.24. The Bertz CT molecular complexity index is 942. The van der Waals surface area contributed by atoms with Crippen LogP contribution >= 0.6 is 0 Å². The van der Waals surface area contributed by atoms with Gasteiger partial charge in [-0.05, 0) is 24.3 Å². The third-order valence-electron chi connectivity index (χ3n) is 4.53. The number of halogens is 1. The molecule has 4 rings (SSSR count). The minimum absolute atomic E-state index is 0.161. The molecule has 0 fully saturated rings. The van der Waals surface area contributed by atoms with Gasteiger partial charge in [-0.15, -0.1) is 0 Å². The van der Waals surface area contributed by atoms with Crippen LogP contribution in [0.1, 0.15) is 23.1 Å². The monoisotopic (exact) mass is 359 g/mol. The van der Waals surface area contributed by atoms with Crippen molar-refractivity contribution in [3.8, 4) is 11.3 Å². The highest BCUT2D eigenvalue weighted by Crippen LogP contribution is 2.21. The van der Waals surface area contributed by atoms with Gasteiger partial charge in [-0.25, -0.2) is 9.37 Å². The van der Waals surface area contributed by atoms with Crippen LogP contribution < -0.4 is 5.32 Å². The molecule has 1 heterocycles. The Morgan fingerprint density at radius 3 is 2.00 bits per heavy atom. The summed E-state index contributed by atoms with van der Waals surface area (Å²) in [6.07, 6.45) is 1.69. The molecule has 0 bridgehead atoms. The minimum Gasteiger partial charge on any atom is -0.435 e. The summed E-state index contributed by atoms with van der Waals surface area (Å²) in [4.78, 5) is 4.38. The molecule has 0 radical (unpaired) electrons. The number of nitrogens with zero attached hydrogens (tertiary/aromatic N) is 1. The van der Waals surface area contributed by atoms with E-state index in [0.717, 1.165) is 5.56 Å². The number of aromatic nitrogens is 1. The van der Waals surface area contributed by atoms with Gasteiger partial charge in [0.25, 0.3) is 5.89 Å². The van der Waals surface area contributed by atoms with Crippen molar-refractivity contribution in [3.05, 3.63) is 114 Å². The van der Waals surface area contributed by atoms with Crippen LogP contribution in [0.4, 0.5) is 4.39 Å². The van der Waals surface area contributed by atoms with E-state index in [1.165, 1.54) is 23.3 Å². The number of hydrogen-bond acceptors (Lipinski definition) is 2. The van der Waals surface area contributed by atoms with Crippen LogP contribution in [0.3, 0.4) is 0 Å². The van der Waals surface area contributed by atoms with Gasteiger partial charge in [-0.2, -0.15) is 0 Å². The second-order valence-corrected chi connectivity index (χ2v) is 6.36. The maximum atomic E-state index is 13.1. The van der Waals surface area contributed by atoms with Gasteiger partial charge in [-0.3, -0.25) is 0 Å². The summed E-state index contributed by atoms with van der Waals surface area (Å²) < 4.78 is 19.0. The van der Waals surface area contributed by atoms with Gasteiger partial charge in [0.05, 0.1) is 6.20 Å². The molecule has 3 nitrogen and oxygen atoms in total. The smallest absolute Gasteiger partial charge is 0.250 e. The summed E-state index contributed by atoms with van der Waals surface area (Å²) in [5.41, 5.74) is 3.28. The van der Waals surface area contributed by atoms with Crippen molar-refractivity contribution in [3.63, 3.8) is 0 Å². The molecule has 0 aliphatic heterocycles. The lowest BCUT2D eigenvalue weighted by Gasteiger charge is -2.15. The molecule has 0 saturated heterocycles. The fourth-order valence-corrected chi connectivity index (χ4v) is 3.16. The number of quaternary nitrogens is 1. The molecular formula is C23H20FN2O+. The zero-order chi connectivity index (χ0) is 18.5. The Balaban J connectivity index is 1.52. The van der Waals surface area contributed by atoms with Crippen LogP contribution in [0.2, 0.25) is 0 Å². The molecule has 3 aromatic carbocycles. The fraction of sp³-hybridized carbons (Fsp3) is 0.0870. The average molecular weight is 359 g/mol. The van der Waals surface area contributed by atoms with Crippen LogP contribution in [-0.2, 0) is 6.54 Å². The first-order valence-corrected chi connectivity index (χ1v) is 8.93. The van der Waals surface area contributed by atoms with E-state index in [1.54, 1.807) is 18.3 Å². The van der Waals surface area contributed by atoms with E-state index in [9.17, 15) is 4.39 Å². The van der Waals surface area contributed by atoms with Crippen molar-refractivity contribution in [2.75, 3.05) is 0 Å². The molecule has 0 unspecified atom stereocenters. The molecule has 0 saturated carbocycles. The highest BCUT2D eigenvalue weighted by atomic mass is 19.1. The number of hydrogen-bond donors (Lipinski definition) is 1. The van der Waals surface area contributed by atoms with Gasteiger partial charge >= 0.3 is 0 Å². The van der Waals surface area contributed by atoms with Crippen molar-refractivity contribution in [2.24, 2.45) is 0 Å². The third kappa shape index (κ3) is 4.13. The summed E-state index contributed by atoms with van der Waals surface area (Å²) in [5.74, 6) is 1.03. The van der Waals surface area contributed by atoms with Crippen molar-refractivity contribution >= 4 is 0 Å². The van der Waals surface area contributed by atoms with Gasteiger partial charge in [0, 0.05) is 16.7 Å². The molecule has 2 N–H and O–H groups in total. The SMILES string of the molecule is Fc1ccc(-c2cnc(C[NH2+]C(c3ccccc3)c3ccccc3)o2)cc1. The molecule has 27 heavy (non-hydrogen) atoms. The minimum atomic E-state index is -0.264. The molecule has 134 valence electrons. The van der Waals surface area contributed by atoms with Crippen molar-refractivity contribution < 1.29 is 14.1 Å². The lowest BCUT2D eigenvalue weighted by Crippen LogP contribution is -2.84. The molecule has 0 amide bonds. The standard InChI is InChI=1S/C23H19FN2O/c24-20-13-11-17(12-14-20)21-15-25-22(27-21)16-26-23(18-7-3-1-4-8-18)19-9-5-2-6-10-19/h1-15,23,26H,16H2/p+1. The molecule has 0 atom stereocenters. The van der Waals surface area contributed by atoms with E-state index in [4.69, 9.17) is 4.42 Å². The van der Waals surface area contributed by atoms with E-state index in [-0.39, 0.29) is 11.9 Å². The maximum Gasteiger partial charge on any atom is 0.250 e. The predicted molar refractivity (Wildman–Crippen MR) is 102 cm³/mol. The lowest BCUT2D eigenvalue weighted by molar-refractivity contribution is -0.704. The Kier molecular flexibility index (Phi) is 5.08. The summed E-state index contributed by atoms with van der Waals surface area (Å²) >= 11 is 0. The Morgan fingerprint density at radius 2 is 1.41 bits per heavy atom. The number of rotatable bonds is 6. The molecule has 0 aliphatic carbocycles. The maximum absolute atomic E-state index is 13.1. The van der Waals surface area contributed by atoms with Crippen LogP contribution in [0, 0.1) is 5.82 Å². The highest BCUT2D eigenvalue weighted by Gasteiger charge is 2.18. The van der Waals surface area contributed by atoms with E-state index in [0.29, 0.717) is 18.2 Å². The van der Waals surface area contributed by atoms with Gasteiger partial charge in [0.1, 0.15) is 11.9 Å². The predicted octanol–water partition coefficient (Wildman–Crippen LogP) is 4.33. The van der Waals surface area contributed by atoms with E-state index < -0.39 is 0 Å². The molecule has 1 aromatic heterocycles. The van der Waals surface area contributed by atoms with E-state index in [1.807, 2.05) is 12.1 Å². The largest absolute Gasteiger partial charge is 0.435 e. The lowest BCUT2D eigenvalue weighted by atomic mass is 9.99. The van der Waals surface area contributed by atoms with Crippen LogP contribution in [0.25, 0.3) is 11.3 Å². The van der Waals surface area contributed by atoms with Crippen LogP contribution in [0.5, 0.6) is 0 Å². The number of nitrogens with two attached hydrogens (primary N) is 1. The number of benzene rings is 3. The first-order chi connectivity index (χ1) is 13.3. The highest BCUT2D eigenvalue weighted by molar-refractivity contribution is 5.55. The summed E-state index contributed by atoms with van der Waals surface area (Å²) in [7, 11) is 0. The number of oxazole rings is 1. The van der Waals surface area contributed by atoms with Gasteiger partial charge in [-0.1, -0.05) is 60.7 Å². The molecule has 0 aliphatic rings. The summed E-state index contributed by atoms with van der Waals surface area (Å²) in [6, 6.07) is 27.2. The molecule has 4 heteroatoms. The van der Waals surface area contributed by atoms with Gasteiger partial charge in [0.15, 0.2) is 12.3 Å². The van der Waals surface area contributed by atoms with E-state index >= 15 is 0 Å². The Labute approximate surface area is 157 Å². The van der Waals surface area contributed by atoms with Crippen LogP contribution in [-0.4, -0.2) is 4.98 Å². The third-order valence-corrected chi connectivity index (χ3v) is 4.53. The topological polar surface area (TPSA) is 42.6 Å². The first kappa shape index (κ1) is 17.2. The van der Waals surface area contributed by atoms with Crippen molar-refractivity contribution in [1.29, 1.82) is 0 Å². The van der Waals surface area contributed by atoms with E-state index in [2.05, 4.69) is 58.8 Å². The quantitative estimate of drug-likeness (QED) is 0.557. The normalized spacial score (nSPS) is 11.0. The first-order valence-electron chi connectivity index (χ1n) is 8.93. The molecule has 4 aromatic rings. The Morgan fingerprint density at radius 1 is 0.815 bits per heavy atom. The second-order valence-electron chi connectivity index (χ2n) is 6.36. The van der Waals surface area contributed by atoms with Crippen molar-refractivity contribution in [2.45, 2.75) is 12.6 Å². The molecular weight excluding hydrogens is 339 g/mol.